The van der Waals surface area contributed by atoms with Gasteiger partial charge in [-0.05, 0) is 55.1 Å². The fourth-order valence-electron chi connectivity index (χ4n) is 2.27. The summed E-state index contributed by atoms with van der Waals surface area (Å²) in [5.41, 5.74) is 0. The molecule has 0 amide bonds. The van der Waals surface area contributed by atoms with Gasteiger partial charge in [-0.15, -0.1) is 0 Å². The molecule has 3 rings (SSSR count). The molecule has 100 valence electrons. The molecule has 0 atom stereocenters. The molecule has 0 bridgehead atoms. The van der Waals surface area contributed by atoms with Crippen LogP contribution in [0, 0.1) is 0 Å². The molecule has 2 nitrogen and oxygen atoms in total. The summed E-state index contributed by atoms with van der Waals surface area (Å²) in [5.74, 6) is 0.980. The molecule has 1 fully saturated rings. The van der Waals surface area contributed by atoms with Gasteiger partial charge >= 0.3 is 0 Å². The largest absolute Gasteiger partial charge is 0.494 e. The fourth-order valence-corrected chi connectivity index (χ4v) is 2.27. The average molecular weight is 255 g/mol. The molecule has 0 aromatic heterocycles. The van der Waals surface area contributed by atoms with Crippen LogP contribution in [0.4, 0.5) is 0 Å². The Morgan fingerprint density at radius 1 is 1.00 bits per heavy atom. The number of ether oxygens (including phenoxy) is 1. The van der Waals surface area contributed by atoms with Crippen molar-refractivity contribution in [1.29, 1.82) is 0 Å². The van der Waals surface area contributed by atoms with E-state index >= 15 is 0 Å². The minimum Gasteiger partial charge on any atom is -0.494 e. The first-order chi connectivity index (χ1) is 9.42. The van der Waals surface area contributed by atoms with E-state index in [0.717, 1.165) is 31.4 Å². The third-order valence-electron chi connectivity index (χ3n) is 3.57. The predicted octanol–water partition coefficient (Wildman–Crippen LogP) is 3.75. The lowest BCUT2D eigenvalue weighted by Gasteiger charge is -2.07. The molecule has 1 saturated carbocycles. The first kappa shape index (κ1) is 12.5. The summed E-state index contributed by atoms with van der Waals surface area (Å²) >= 11 is 0. The van der Waals surface area contributed by atoms with Crippen molar-refractivity contribution in [3.8, 4) is 5.75 Å². The minimum atomic E-state index is 0.810. The quantitative estimate of drug-likeness (QED) is 0.761. The van der Waals surface area contributed by atoms with Crippen molar-refractivity contribution < 1.29 is 4.74 Å². The van der Waals surface area contributed by atoms with Crippen LogP contribution in [-0.4, -0.2) is 19.2 Å². The molecule has 2 aromatic carbocycles. The maximum atomic E-state index is 5.81. The van der Waals surface area contributed by atoms with Crippen molar-refractivity contribution in [3.05, 3.63) is 42.5 Å². The van der Waals surface area contributed by atoms with Gasteiger partial charge < -0.3 is 10.1 Å². The van der Waals surface area contributed by atoms with Crippen molar-refractivity contribution in [2.75, 3.05) is 13.2 Å². The number of rotatable bonds is 7. The van der Waals surface area contributed by atoms with Crippen LogP contribution in [0.2, 0.25) is 0 Å². The summed E-state index contributed by atoms with van der Waals surface area (Å²) in [5, 5.41) is 6.04. The van der Waals surface area contributed by atoms with Gasteiger partial charge in [0.15, 0.2) is 0 Å². The smallest absolute Gasteiger partial charge is 0.119 e. The van der Waals surface area contributed by atoms with Gasteiger partial charge in [0.2, 0.25) is 0 Å². The molecule has 0 heterocycles. The van der Waals surface area contributed by atoms with Crippen LogP contribution in [-0.2, 0) is 0 Å². The lowest BCUT2D eigenvalue weighted by Crippen LogP contribution is -2.17. The Morgan fingerprint density at radius 2 is 1.84 bits per heavy atom. The predicted molar refractivity (Wildman–Crippen MR) is 79.7 cm³/mol. The Bertz CT molecular complexity index is 534. The molecule has 1 aliphatic carbocycles. The molecule has 19 heavy (non-hydrogen) atoms. The number of fused-ring (bicyclic) bond motifs is 1. The molecule has 0 unspecified atom stereocenters. The number of benzene rings is 2. The van der Waals surface area contributed by atoms with E-state index in [2.05, 4.69) is 47.8 Å². The summed E-state index contributed by atoms with van der Waals surface area (Å²) in [6.45, 7) is 1.94. The summed E-state index contributed by atoms with van der Waals surface area (Å²) in [7, 11) is 0. The van der Waals surface area contributed by atoms with E-state index in [1.165, 1.54) is 30.0 Å². The molecule has 0 aliphatic heterocycles. The van der Waals surface area contributed by atoms with E-state index in [4.69, 9.17) is 4.74 Å². The molecular formula is C17H21NO. The third-order valence-corrected chi connectivity index (χ3v) is 3.57. The van der Waals surface area contributed by atoms with Crippen LogP contribution < -0.4 is 10.1 Å². The fraction of sp³-hybridized carbons (Fsp3) is 0.412. The molecule has 1 N–H and O–H groups in total. The molecule has 0 saturated heterocycles. The molecule has 0 radical (unpaired) electrons. The number of hydrogen-bond donors (Lipinski definition) is 1. The zero-order chi connectivity index (χ0) is 12.9. The Balaban J connectivity index is 1.42. The third kappa shape index (κ3) is 3.71. The normalized spacial score (nSPS) is 14.7. The van der Waals surface area contributed by atoms with Crippen molar-refractivity contribution in [1.82, 2.24) is 5.32 Å². The second-order valence-electron chi connectivity index (χ2n) is 5.29. The molecule has 1 aliphatic rings. The van der Waals surface area contributed by atoms with Gasteiger partial charge in [0, 0.05) is 6.04 Å². The van der Waals surface area contributed by atoms with E-state index in [-0.39, 0.29) is 0 Å². The van der Waals surface area contributed by atoms with Gasteiger partial charge in [0.25, 0.3) is 0 Å². The minimum absolute atomic E-state index is 0.810. The molecule has 2 aromatic rings. The zero-order valence-corrected chi connectivity index (χ0v) is 11.3. The number of unbranched alkanes of at least 4 members (excludes halogenated alkanes) is 1. The van der Waals surface area contributed by atoms with Crippen LogP contribution in [0.1, 0.15) is 25.7 Å². The summed E-state index contributed by atoms with van der Waals surface area (Å²) in [6.07, 6.45) is 5.05. The van der Waals surface area contributed by atoms with E-state index in [0.29, 0.717) is 0 Å². The van der Waals surface area contributed by atoms with Gasteiger partial charge in [-0.25, -0.2) is 0 Å². The highest BCUT2D eigenvalue weighted by Crippen LogP contribution is 2.21. The van der Waals surface area contributed by atoms with Crippen molar-refractivity contribution in [2.45, 2.75) is 31.7 Å². The monoisotopic (exact) mass is 255 g/mol. The van der Waals surface area contributed by atoms with Gasteiger partial charge in [0.1, 0.15) is 5.75 Å². The van der Waals surface area contributed by atoms with E-state index in [1.807, 2.05) is 0 Å². The topological polar surface area (TPSA) is 21.3 Å². The van der Waals surface area contributed by atoms with E-state index in [1.54, 1.807) is 0 Å². The Labute approximate surface area is 114 Å². The van der Waals surface area contributed by atoms with Gasteiger partial charge in [-0.1, -0.05) is 30.3 Å². The Kier molecular flexibility index (Phi) is 3.99. The van der Waals surface area contributed by atoms with E-state index in [9.17, 15) is 0 Å². The standard InChI is InChI=1S/C17H21NO/c1-2-6-15-13-17(10-7-14(15)5-1)19-12-4-3-11-18-16-8-9-16/h1-2,5-7,10,13,16,18H,3-4,8-9,11-12H2. The Hall–Kier alpha value is -1.54. The van der Waals surface area contributed by atoms with Gasteiger partial charge in [-0.3, -0.25) is 0 Å². The summed E-state index contributed by atoms with van der Waals surface area (Å²) < 4.78 is 5.81. The molecule has 2 heteroatoms. The SMILES string of the molecule is c1ccc2cc(OCCCCNC3CC3)ccc2c1. The molecule has 0 spiro atoms. The van der Waals surface area contributed by atoms with Crippen LogP contribution in [0.3, 0.4) is 0 Å². The second-order valence-corrected chi connectivity index (χ2v) is 5.29. The first-order valence-electron chi connectivity index (χ1n) is 7.27. The maximum Gasteiger partial charge on any atom is 0.119 e. The highest BCUT2D eigenvalue weighted by atomic mass is 16.5. The lowest BCUT2D eigenvalue weighted by atomic mass is 10.1. The highest BCUT2D eigenvalue weighted by Gasteiger charge is 2.19. The van der Waals surface area contributed by atoms with Crippen molar-refractivity contribution in [3.63, 3.8) is 0 Å². The first-order valence-corrected chi connectivity index (χ1v) is 7.27. The summed E-state index contributed by atoms with van der Waals surface area (Å²) in [4.78, 5) is 0. The van der Waals surface area contributed by atoms with Crippen molar-refractivity contribution >= 4 is 10.8 Å². The van der Waals surface area contributed by atoms with Crippen LogP contribution >= 0.6 is 0 Å². The van der Waals surface area contributed by atoms with Crippen LogP contribution in [0.25, 0.3) is 10.8 Å². The van der Waals surface area contributed by atoms with Gasteiger partial charge in [-0.2, -0.15) is 0 Å². The number of hydrogen-bond acceptors (Lipinski definition) is 2. The van der Waals surface area contributed by atoms with Crippen molar-refractivity contribution in [2.24, 2.45) is 0 Å². The van der Waals surface area contributed by atoms with Gasteiger partial charge in [0.05, 0.1) is 6.61 Å². The van der Waals surface area contributed by atoms with Crippen LogP contribution in [0.15, 0.2) is 42.5 Å². The highest BCUT2D eigenvalue weighted by molar-refractivity contribution is 5.83. The second kappa shape index (κ2) is 6.07. The number of nitrogens with one attached hydrogen (secondary N) is 1. The Morgan fingerprint density at radius 3 is 2.68 bits per heavy atom. The maximum absolute atomic E-state index is 5.81. The zero-order valence-electron chi connectivity index (χ0n) is 11.3. The summed E-state index contributed by atoms with van der Waals surface area (Å²) in [6, 6.07) is 15.5. The van der Waals surface area contributed by atoms with Crippen LogP contribution in [0.5, 0.6) is 5.75 Å². The molecular weight excluding hydrogens is 234 g/mol. The lowest BCUT2D eigenvalue weighted by molar-refractivity contribution is 0.306. The average Bonchev–Trinajstić information content (AvgIpc) is 3.27. The van der Waals surface area contributed by atoms with E-state index < -0.39 is 0 Å².